The summed E-state index contributed by atoms with van der Waals surface area (Å²) in [4.78, 5) is 20.3. The Hall–Kier alpha value is -2.35. The molecule has 2 aromatic rings. The van der Waals surface area contributed by atoms with E-state index in [0.29, 0.717) is 12.0 Å². The molecule has 1 saturated heterocycles. The van der Waals surface area contributed by atoms with Gasteiger partial charge in [-0.15, -0.1) is 0 Å². The second-order valence-electron chi connectivity index (χ2n) is 11.2. The van der Waals surface area contributed by atoms with E-state index in [-0.39, 0.29) is 49.6 Å². The quantitative estimate of drug-likeness (QED) is 0.516. The molecule has 6 nitrogen and oxygen atoms in total. The first-order valence-corrected chi connectivity index (χ1v) is 13.7. The molecule has 2 atom stereocenters. The lowest BCUT2D eigenvalue weighted by atomic mass is 9.85. The number of benzene rings is 1. The van der Waals surface area contributed by atoms with E-state index >= 15 is 0 Å². The van der Waals surface area contributed by atoms with Gasteiger partial charge >= 0.3 is 0 Å². The summed E-state index contributed by atoms with van der Waals surface area (Å²) < 4.78 is 29.4. The van der Waals surface area contributed by atoms with Gasteiger partial charge in [-0.1, -0.05) is 30.3 Å². The van der Waals surface area contributed by atoms with E-state index in [1.807, 2.05) is 37.3 Å². The minimum Gasteiger partial charge on any atom is -0.349 e. The summed E-state index contributed by atoms with van der Waals surface area (Å²) in [6.45, 7) is 6.19. The SMILES string of the molecule is Cc1nc(C2CC2)n(C2CCN(C(C)C[C@H](NC(=O)C3CCC(F)(F)CC3)c3ccccc3)CC2)n1. The number of likely N-dealkylation sites (tertiary alicyclic amines) is 1. The third-order valence-corrected chi connectivity index (χ3v) is 8.36. The monoisotopic (exact) mass is 499 g/mol. The maximum absolute atomic E-state index is 13.6. The zero-order valence-electron chi connectivity index (χ0n) is 21.5. The molecule has 2 heterocycles. The molecule has 1 amide bonds. The first kappa shape index (κ1) is 25.3. The standard InChI is InChI=1S/C28H39F2N5O/c1-19(34-16-12-24(13-17-34)35-26(22-8-9-22)31-20(2)33-35)18-25(21-6-4-3-5-7-21)32-27(36)23-10-14-28(29,30)15-11-23/h3-7,19,22-25H,8-18H2,1-2H3,(H,32,36)/t19?,25-/m0/s1. The minimum absolute atomic E-state index is 0.0839. The second-order valence-corrected chi connectivity index (χ2v) is 11.2. The minimum atomic E-state index is -2.62. The number of halogens is 2. The van der Waals surface area contributed by atoms with Crippen LogP contribution in [0.2, 0.25) is 0 Å². The van der Waals surface area contributed by atoms with Crippen LogP contribution in [-0.4, -0.2) is 50.6 Å². The summed E-state index contributed by atoms with van der Waals surface area (Å²) >= 11 is 0. The normalized spacial score (nSPS) is 23.3. The van der Waals surface area contributed by atoms with Crippen molar-refractivity contribution in [2.75, 3.05) is 13.1 Å². The number of rotatable bonds is 8. The average Bonchev–Trinajstić information content (AvgIpc) is 3.65. The molecule has 1 aromatic carbocycles. The van der Waals surface area contributed by atoms with Crippen LogP contribution < -0.4 is 5.32 Å². The van der Waals surface area contributed by atoms with E-state index in [1.165, 1.54) is 18.7 Å². The van der Waals surface area contributed by atoms with Crippen molar-refractivity contribution in [3.05, 3.63) is 47.5 Å². The molecule has 1 unspecified atom stereocenters. The van der Waals surface area contributed by atoms with Gasteiger partial charge in [0.1, 0.15) is 11.6 Å². The van der Waals surface area contributed by atoms with E-state index in [0.717, 1.165) is 43.7 Å². The highest BCUT2D eigenvalue weighted by Gasteiger charge is 2.38. The van der Waals surface area contributed by atoms with Crippen molar-refractivity contribution in [1.82, 2.24) is 25.0 Å². The molecule has 0 bridgehead atoms. The van der Waals surface area contributed by atoms with E-state index in [9.17, 15) is 13.6 Å². The predicted molar refractivity (Wildman–Crippen MR) is 135 cm³/mol. The van der Waals surface area contributed by atoms with Gasteiger partial charge < -0.3 is 10.2 Å². The van der Waals surface area contributed by atoms with E-state index in [1.54, 1.807) is 0 Å². The highest BCUT2D eigenvalue weighted by molar-refractivity contribution is 5.79. The van der Waals surface area contributed by atoms with Crippen LogP contribution in [0.25, 0.3) is 0 Å². The van der Waals surface area contributed by atoms with Crippen LogP contribution in [0.5, 0.6) is 0 Å². The van der Waals surface area contributed by atoms with Crippen LogP contribution in [0.15, 0.2) is 30.3 Å². The molecular formula is C28H39F2N5O. The van der Waals surface area contributed by atoms with Gasteiger partial charge in [0.15, 0.2) is 0 Å². The first-order chi connectivity index (χ1) is 17.3. The summed E-state index contributed by atoms with van der Waals surface area (Å²) in [6, 6.07) is 10.6. The van der Waals surface area contributed by atoms with Crippen LogP contribution in [0.4, 0.5) is 8.78 Å². The number of aromatic nitrogens is 3. The molecule has 1 aromatic heterocycles. The maximum Gasteiger partial charge on any atom is 0.248 e. The van der Waals surface area contributed by atoms with Gasteiger partial charge in [0, 0.05) is 43.8 Å². The zero-order valence-corrected chi connectivity index (χ0v) is 21.5. The van der Waals surface area contributed by atoms with Crippen molar-refractivity contribution in [2.24, 2.45) is 5.92 Å². The van der Waals surface area contributed by atoms with Gasteiger partial charge in [-0.25, -0.2) is 18.4 Å². The van der Waals surface area contributed by atoms with E-state index < -0.39 is 5.92 Å². The fourth-order valence-electron chi connectivity index (χ4n) is 5.95. The van der Waals surface area contributed by atoms with Crippen LogP contribution >= 0.6 is 0 Å². The number of carbonyl (C=O) groups is 1. The highest BCUT2D eigenvalue weighted by Crippen LogP contribution is 2.41. The van der Waals surface area contributed by atoms with Gasteiger partial charge in [-0.3, -0.25) is 4.79 Å². The summed E-state index contributed by atoms with van der Waals surface area (Å²) in [5.41, 5.74) is 1.07. The number of hydrogen-bond donors (Lipinski definition) is 1. The molecule has 2 saturated carbocycles. The summed E-state index contributed by atoms with van der Waals surface area (Å²) in [5, 5.41) is 7.96. The molecule has 196 valence electrons. The fraction of sp³-hybridized carbons (Fsp3) is 0.679. The number of amides is 1. The van der Waals surface area contributed by atoms with Crippen molar-refractivity contribution >= 4 is 5.91 Å². The molecule has 36 heavy (non-hydrogen) atoms. The molecule has 3 fully saturated rings. The number of nitrogens with one attached hydrogen (secondary N) is 1. The molecule has 5 rings (SSSR count). The Morgan fingerprint density at radius 2 is 1.75 bits per heavy atom. The van der Waals surface area contributed by atoms with E-state index in [2.05, 4.69) is 21.8 Å². The van der Waals surface area contributed by atoms with Gasteiger partial charge in [0.05, 0.1) is 12.1 Å². The Morgan fingerprint density at radius 3 is 2.39 bits per heavy atom. The van der Waals surface area contributed by atoms with Gasteiger partial charge in [-0.05, 0) is 64.4 Å². The largest absolute Gasteiger partial charge is 0.349 e. The number of carbonyl (C=O) groups excluding carboxylic acids is 1. The molecule has 0 spiro atoms. The van der Waals surface area contributed by atoms with Crippen molar-refractivity contribution in [3.63, 3.8) is 0 Å². The number of alkyl halides is 2. The summed E-state index contributed by atoms with van der Waals surface area (Å²) in [5.74, 6) is -0.398. The highest BCUT2D eigenvalue weighted by atomic mass is 19.3. The third kappa shape index (κ3) is 5.96. The van der Waals surface area contributed by atoms with Crippen LogP contribution in [0.3, 0.4) is 0 Å². The maximum atomic E-state index is 13.6. The van der Waals surface area contributed by atoms with Crippen LogP contribution in [0, 0.1) is 12.8 Å². The Morgan fingerprint density at radius 1 is 1.08 bits per heavy atom. The van der Waals surface area contributed by atoms with Crippen molar-refractivity contribution < 1.29 is 13.6 Å². The Labute approximate surface area is 212 Å². The number of aryl methyl sites for hydroxylation is 1. The van der Waals surface area contributed by atoms with Crippen molar-refractivity contribution in [3.8, 4) is 0 Å². The Bertz CT molecular complexity index is 1020. The van der Waals surface area contributed by atoms with Crippen molar-refractivity contribution in [1.29, 1.82) is 0 Å². The zero-order chi connectivity index (χ0) is 25.3. The molecule has 2 aliphatic carbocycles. The lowest BCUT2D eigenvalue weighted by Crippen LogP contribution is -2.44. The number of piperidine rings is 1. The van der Waals surface area contributed by atoms with Gasteiger partial charge in [0.25, 0.3) is 0 Å². The molecule has 8 heteroatoms. The van der Waals surface area contributed by atoms with Gasteiger partial charge in [0.2, 0.25) is 11.8 Å². The van der Waals surface area contributed by atoms with Crippen molar-refractivity contribution in [2.45, 2.75) is 102 Å². The summed E-state index contributed by atoms with van der Waals surface area (Å²) in [6.07, 6.45) is 5.46. The molecule has 1 aliphatic heterocycles. The van der Waals surface area contributed by atoms with Crippen LogP contribution in [0.1, 0.15) is 99.9 Å². The molecule has 0 radical (unpaired) electrons. The lowest BCUT2D eigenvalue weighted by Gasteiger charge is -2.38. The first-order valence-electron chi connectivity index (χ1n) is 13.7. The topological polar surface area (TPSA) is 63.1 Å². The lowest BCUT2D eigenvalue weighted by molar-refractivity contribution is -0.130. The Kier molecular flexibility index (Phi) is 7.42. The second kappa shape index (κ2) is 10.6. The van der Waals surface area contributed by atoms with E-state index in [4.69, 9.17) is 10.1 Å². The fourth-order valence-corrected chi connectivity index (χ4v) is 5.95. The third-order valence-electron chi connectivity index (χ3n) is 8.36. The molecular weight excluding hydrogens is 460 g/mol. The van der Waals surface area contributed by atoms with Gasteiger partial charge in [-0.2, -0.15) is 5.10 Å². The number of hydrogen-bond acceptors (Lipinski definition) is 4. The molecule has 3 aliphatic rings. The smallest absolute Gasteiger partial charge is 0.248 e. The summed E-state index contributed by atoms with van der Waals surface area (Å²) in [7, 11) is 0. The molecule has 1 N–H and O–H groups in total. The van der Waals surface area contributed by atoms with Crippen LogP contribution in [-0.2, 0) is 4.79 Å². The number of nitrogens with zero attached hydrogens (tertiary/aromatic N) is 4. The Balaban J connectivity index is 1.20. The average molecular weight is 500 g/mol. The predicted octanol–water partition coefficient (Wildman–Crippen LogP) is 5.56.